The quantitative estimate of drug-likeness (QED) is 0.624. The summed E-state index contributed by atoms with van der Waals surface area (Å²) in [5.74, 6) is -0.00193. The molecule has 0 fully saturated rings. The Kier molecular flexibility index (Phi) is 6.11. The van der Waals surface area contributed by atoms with E-state index in [4.69, 9.17) is 15.4 Å². The number of hydrogen-bond donors (Lipinski definition) is 1. The zero-order valence-corrected chi connectivity index (χ0v) is 14.7. The third-order valence-electron chi connectivity index (χ3n) is 3.23. The summed E-state index contributed by atoms with van der Waals surface area (Å²) in [6, 6.07) is 11.1. The molecule has 0 radical (unpaired) electrons. The summed E-state index contributed by atoms with van der Waals surface area (Å²) in [6.45, 7) is 3.68. The van der Waals surface area contributed by atoms with E-state index >= 15 is 0 Å². The van der Waals surface area contributed by atoms with Gasteiger partial charge in [-0.2, -0.15) is 0 Å². The molecule has 0 aliphatic carbocycles. The lowest BCUT2D eigenvalue weighted by Gasteiger charge is -2.11. The van der Waals surface area contributed by atoms with E-state index in [1.807, 2.05) is 0 Å². The number of Topliss-reactive ketones (excluding diaryl/α,β-unsaturated/α-hetero) is 1. The number of carbonyl (C=O) groups excluding carboxylic acids is 2. The van der Waals surface area contributed by atoms with E-state index in [1.165, 1.54) is 13.0 Å². The highest BCUT2D eigenvalue weighted by atomic mass is 35.7. The zero-order chi connectivity index (χ0) is 17.7. The van der Waals surface area contributed by atoms with Gasteiger partial charge < -0.3 is 10.1 Å². The Morgan fingerprint density at radius 1 is 1.12 bits per heavy atom. The number of nitrogens with one attached hydrogen (secondary N) is 1. The highest BCUT2D eigenvalue weighted by Gasteiger charge is 2.13. The molecule has 0 heterocycles. The van der Waals surface area contributed by atoms with Crippen molar-refractivity contribution in [1.29, 1.82) is 0 Å². The second kappa shape index (κ2) is 8.08. The highest BCUT2D eigenvalue weighted by Crippen LogP contribution is 2.28. The summed E-state index contributed by atoms with van der Waals surface area (Å²) < 4.78 is 17.0. The van der Waals surface area contributed by atoms with Crippen molar-refractivity contribution in [3.63, 3.8) is 0 Å². The van der Waals surface area contributed by atoms with Crippen molar-refractivity contribution in [3.8, 4) is 5.75 Å². The molecule has 2 aromatic rings. The van der Waals surface area contributed by atoms with Gasteiger partial charge in [0.15, 0.2) is 15.8 Å². The normalized spacial score (nSPS) is 11.6. The molecule has 0 bridgehead atoms. The lowest BCUT2D eigenvalue weighted by atomic mass is 10.1. The van der Waals surface area contributed by atoms with Crippen molar-refractivity contribution in [1.82, 2.24) is 0 Å². The SMILES string of the molecule is CCOc1ccc(NC(=O)c2ccc(C(C)=O)cc2)cc1[S@](=O)Cl. The van der Waals surface area contributed by atoms with Gasteiger partial charge in [0.25, 0.3) is 5.91 Å². The molecule has 5 nitrogen and oxygen atoms in total. The molecule has 1 N–H and O–H groups in total. The molecule has 126 valence electrons. The summed E-state index contributed by atoms with van der Waals surface area (Å²) in [4.78, 5) is 23.8. The molecule has 0 aromatic heterocycles. The van der Waals surface area contributed by atoms with E-state index in [9.17, 15) is 13.8 Å². The van der Waals surface area contributed by atoms with Gasteiger partial charge >= 0.3 is 0 Å². The van der Waals surface area contributed by atoms with Gasteiger partial charge in [0.05, 0.1) is 11.5 Å². The average molecular weight is 366 g/mol. The van der Waals surface area contributed by atoms with E-state index in [0.29, 0.717) is 34.1 Å². The van der Waals surface area contributed by atoms with Gasteiger partial charge in [0.2, 0.25) is 0 Å². The van der Waals surface area contributed by atoms with Crippen LogP contribution in [0.1, 0.15) is 34.6 Å². The van der Waals surface area contributed by atoms with Gasteiger partial charge in [-0.25, -0.2) is 4.21 Å². The van der Waals surface area contributed by atoms with Crippen molar-refractivity contribution < 1.29 is 18.5 Å². The van der Waals surface area contributed by atoms with Crippen molar-refractivity contribution in [2.45, 2.75) is 18.7 Å². The lowest BCUT2D eigenvalue weighted by Crippen LogP contribution is -2.12. The number of ketones is 1. The molecule has 2 rings (SSSR count). The summed E-state index contributed by atoms with van der Waals surface area (Å²) in [6.07, 6.45) is 0. The van der Waals surface area contributed by atoms with E-state index in [-0.39, 0.29) is 11.7 Å². The summed E-state index contributed by atoms with van der Waals surface area (Å²) in [5, 5.41) is 2.70. The summed E-state index contributed by atoms with van der Waals surface area (Å²) in [5.41, 5.74) is 1.39. The fourth-order valence-corrected chi connectivity index (χ4v) is 2.91. The molecule has 0 spiro atoms. The van der Waals surface area contributed by atoms with E-state index in [0.717, 1.165) is 0 Å². The van der Waals surface area contributed by atoms with Crippen LogP contribution in [0.25, 0.3) is 0 Å². The van der Waals surface area contributed by atoms with Crippen LogP contribution < -0.4 is 10.1 Å². The van der Waals surface area contributed by atoms with E-state index in [2.05, 4.69) is 5.32 Å². The van der Waals surface area contributed by atoms with E-state index in [1.54, 1.807) is 43.3 Å². The Hall–Kier alpha value is -2.18. The summed E-state index contributed by atoms with van der Waals surface area (Å²) >= 11 is 0. The molecular formula is C17H16ClNO4S. The molecule has 1 amide bonds. The van der Waals surface area contributed by atoms with Gasteiger partial charge in [-0.3, -0.25) is 9.59 Å². The topological polar surface area (TPSA) is 72.5 Å². The first-order valence-electron chi connectivity index (χ1n) is 7.19. The minimum absolute atomic E-state index is 0.0669. The molecule has 0 saturated carbocycles. The fraction of sp³-hybridized carbons (Fsp3) is 0.176. The predicted octanol–water partition coefficient (Wildman–Crippen LogP) is 3.80. The average Bonchev–Trinajstić information content (AvgIpc) is 2.56. The first-order valence-corrected chi connectivity index (χ1v) is 9.17. The van der Waals surface area contributed by atoms with Gasteiger partial charge in [0, 0.05) is 16.8 Å². The molecule has 0 aliphatic heterocycles. The van der Waals surface area contributed by atoms with Crippen LogP contribution in [-0.2, 0) is 10.0 Å². The van der Waals surface area contributed by atoms with Crippen LogP contribution in [0.2, 0.25) is 0 Å². The molecule has 0 aliphatic rings. The third kappa shape index (κ3) is 4.43. The minimum atomic E-state index is -1.76. The molecule has 2 aromatic carbocycles. The largest absolute Gasteiger partial charge is 0.493 e. The minimum Gasteiger partial charge on any atom is -0.493 e. The van der Waals surface area contributed by atoms with Gasteiger partial charge in [-0.05, 0) is 54.9 Å². The van der Waals surface area contributed by atoms with Crippen LogP contribution in [0, 0.1) is 0 Å². The van der Waals surface area contributed by atoms with Crippen molar-refractivity contribution >= 4 is 38.1 Å². The maximum atomic E-state index is 12.3. The fourth-order valence-electron chi connectivity index (χ4n) is 2.05. The smallest absolute Gasteiger partial charge is 0.255 e. The van der Waals surface area contributed by atoms with Crippen molar-refractivity contribution in [3.05, 3.63) is 53.6 Å². The van der Waals surface area contributed by atoms with Crippen LogP contribution in [0.3, 0.4) is 0 Å². The number of ether oxygens (including phenoxy) is 1. The van der Waals surface area contributed by atoms with Crippen LogP contribution in [0.4, 0.5) is 5.69 Å². The van der Waals surface area contributed by atoms with Gasteiger partial charge in [-0.1, -0.05) is 12.1 Å². The molecule has 7 heteroatoms. The van der Waals surface area contributed by atoms with Crippen molar-refractivity contribution in [2.75, 3.05) is 11.9 Å². The molecule has 1 atom stereocenters. The Morgan fingerprint density at radius 2 is 1.75 bits per heavy atom. The molecule has 0 saturated heterocycles. The van der Waals surface area contributed by atoms with Crippen LogP contribution in [0.15, 0.2) is 47.4 Å². The second-order valence-corrected chi connectivity index (χ2v) is 6.63. The predicted molar refractivity (Wildman–Crippen MR) is 94.3 cm³/mol. The maximum Gasteiger partial charge on any atom is 0.255 e. The summed E-state index contributed by atoms with van der Waals surface area (Å²) in [7, 11) is 3.90. The first-order chi connectivity index (χ1) is 11.4. The number of anilines is 1. The van der Waals surface area contributed by atoms with Gasteiger partial charge in [-0.15, -0.1) is 0 Å². The standard InChI is InChI=1S/C17H16ClNO4S/c1-3-23-15-9-8-14(10-16(15)24(18)22)19-17(21)13-6-4-12(5-7-13)11(2)20/h4-10H,3H2,1-2H3,(H,19,21)/t24-/m0/s1. The zero-order valence-electron chi connectivity index (χ0n) is 13.2. The van der Waals surface area contributed by atoms with E-state index < -0.39 is 10.0 Å². The Morgan fingerprint density at radius 3 is 2.29 bits per heavy atom. The van der Waals surface area contributed by atoms with Crippen LogP contribution >= 0.6 is 10.7 Å². The lowest BCUT2D eigenvalue weighted by molar-refractivity contribution is 0.100. The maximum absolute atomic E-state index is 12.3. The monoisotopic (exact) mass is 365 g/mol. The molecule has 0 unspecified atom stereocenters. The number of hydrogen-bond acceptors (Lipinski definition) is 4. The molecule has 24 heavy (non-hydrogen) atoms. The third-order valence-corrected chi connectivity index (χ3v) is 4.39. The number of amides is 1. The number of rotatable bonds is 6. The Labute approximate surface area is 146 Å². The van der Waals surface area contributed by atoms with Crippen LogP contribution in [-0.4, -0.2) is 22.5 Å². The number of halogens is 1. The van der Waals surface area contributed by atoms with Crippen molar-refractivity contribution in [2.24, 2.45) is 0 Å². The Balaban J connectivity index is 2.20. The number of benzene rings is 2. The Bertz CT molecular complexity index is 790. The van der Waals surface area contributed by atoms with Gasteiger partial charge in [0.1, 0.15) is 5.75 Å². The number of carbonyl (C=O) groups is 2. The molecular weight excluding hydrogens is 350 g/mol. The highest BCUT2D eigenvalue weighted by molar-refractivity contribution is 8.08. The first kappa shape index (κ1) is 18.2. The second-order valence-electron chi connectivity index (χ2n) is 4.91. The van der Waals surface area contributed by atoms with Crippen LogP contribution in [0.5, 0.6) is 5.75 Å².